The van der Waals surface area contributed by atoms with Crippen LogP contribution < -0.4 is 69.1 Å². The van der Waals surface area contributed by atoms with Gasteiger partial charge in [0.05, 0.1) is 12.3 Å². The van der Waals surface area contributed by atoms with E-state index in [2.05, 4.69) is 231 Å². The van der Waals surface area contributed by atoms with Crippen molar-refractivity contribution in [1.29, 1.82) is 0 Å². The average molecular weight is 918 g/mol. The molecule has 0 heterocycles. The molecule has 0 aliphatic rings. The van der Waals surface area contributed by atoms with Gasteiger partial charge in [-0.25, -0.2) is 37.3 Å². The lowest BCUT2D eigenvalue weighted by Crippen LogP contribution is -2.68. The van der Waals surface area contributed by atoms with Crippen LogP contribution in [0.5, 0.6) is 0 Å². The summed E-state index contributed by atoms with van der Waals surface area (Å²) >= 11 is 0. The van der Waals surface area contributed by atoms with Gasteiger partial charge in [0.15, 0.2) is 0 Å². The Labute approximate surface area is 373 Å². The minimum Gasteiger partial charge on any atom is -0.222 e. The molecule has 8 rings (SSSR count). The molecule has 0 bridgehead atoms. The molecule has 8 aromatic carbocycles. The van der Waals surface area contributed by atoms with Crippen LogP contribution in [0.25, 0.3) is 0 Å². The topological polar surface area (TPSA) is 184 Å². The molecule has 0 saturated heterocycles. The van der Waals surface area contributed by atoms with Crippen LogP contribution >= 0.6 is 14.5 Å². The molecule has 0 fully saturated rings. The summed E-state index contributed by atoms with van der Waals surface area (Å²) in [5.74, 6) is 0. The van der Waals surface area contributed by atoms with E-state index in [1.54, 1.807) is 0 Å². The third-order valence-corrected chi connectivity index (χ3v) is 19.3. The molecule has 0 spiro atoms. The summed E-state index contributed by atoms with van der Waals surface area (Å²) in [4.78, 5) is 0. The van der Waals surface area contributed by atoms with Crippen molar-refractivity contribution in [3.63, 3.8) is 0 Å². The molecule has 8 nitrogen and oxygen atoms in total. The minimum absolute atomic E-state index is 0.878. The number of rotatable bonds is 12. The van der Waals surface area contributed by atoms with Crippen LogP contribution in [0.3, 0.4) is 0 Å². The van der Waals surface area contributed by atoms with Crippen molar-refractivity contribution in [1.82, 2.24) is 0 Å². The van der Waals surface area contributed by atoms with E-state index >= 15 is 0 Å². The smallest absolute Gasteiger partial charge is 0.116 e. The largest absolute Gasteiger partial charge is 0.222 e. The lowest BCUT2D eigenvalue weighted by atomic mass is 9.97. The van der Waals surface area contributed by atoms with Crippen LogP contribution in [0.1, 0.15) is 22.3 Å². The zero-order valence-corrected chi connectivity index (χ0v) is 37.3. The predicted octanol–water partition coefficient (Wildman–Crippen LogP) is 0.754. The number of halogens is 2. The van der Waals surface area contributed by atoms with Gasteiger partial charge in [-0.1, -0.05) is 158 Å². The Morgan fingerprint density at radius 2 is 0.397 bits per heavy atom. The van der Waals surface area contributed by atoms with Crippen molar-refractivity contribution in [2.45, 2.75) is 18.7 Å². The molecule has 12 heteroatoms. The van der Waals surface area contributed by atoms with E-state index in [9.17, 15) is 0 Å². The number of hydrogen-bond acceptors (Lipinski definition) is 8. The van der Waals surface area contributed by atoms with Crippen LogP contribution in [0, 0.1) is 20.5 Å². The fraction of sp³-hybridized carbons (Fsp3) is 0.0588. The van der Waals surface area contributed by atoms with Crippen molar-refractivity contribution in [2.24, 2.45) is 0 Å². The van der Waals surface area contributed by atoms with E-state index in [4.69, 9.17) is 37.3 Å². The van der Waals surface area contributed by atoms with Crippen molar-refractivity contribution < 1.29 is 57.8 Å². The van der Waals surface area contributed by atoms with E-state index in [1.807, 2.05) is 0 Å². The van der Waals surface area contributed by atoms with E-state index in [0.717, 1.165) is 18.7 Å². The summed E-state index contributed by atoms with van der Waals surface area (Å²) < 4.78 is 67.9. The zero-order valence-electron chi connectivity index (χ0n) is 34.0. The van der Waals surface area contributed by atoms with Crippen molar-refractivity contribution in [3.05, 3.63) is 253 Å². The molecular formula is C51H44Cl2O8P2. The lowest BCUT2D eigenvalue weighted by Gasteiger charge is -2.29. The van der Waals surface area contributed by atoms with Crippen LogP contribution in [0.4, 0.5) is 0 Å². The summed E-state index contributed by atoms with van der Waals surface area (Å²) in [5, 5.41) is 8.48. The van der Waals surface area contributed by atoms with E-state index in [0.29, 0.717) is 0 Å². The van der Waals surface area contributed by atoms with Crippen molar-refractivity contribution in [2.75, 3.05) is 0 Å². The third-order valence-electron chi connectivity index (χ3n) is 10.6. The Bertz CT molecular complexity index is 2200. The normalized spacial score (nSPS) is 11.7. The highest BCUT2D eigenvalue weighted by molar-refractivity contribution is 7.95. The molecule has 0 unspecified atom stereocenters. The molecule has 0 amide bonds. The van der Waals surface area contributed by atoms with Gasteiger partial charge in [0.1, 0.15) is 46.4 Å². The van der Waals surface area contributed by atoms with Gasteiger partial charge >= 0.3 is 0 Å². The molecular weight excluding hydrogens is 873 g/mol. The SMILES string of the molecule is [O-][Cl+3]([O-])([O-])[O-].[O-][Cl+3]([O-])([O-])[O-].c1ccc([P+](Cc2ccccc2Cc2ccccc2C[P+](c2ccccc2)(c2ccccc2)c2ccccc2)(c2ccccc2)c2ccccc2)cc1. The Kier molecular flexibility index (Phi) is 16.5. The second-order valence-electron chi connectivity index (χ2n) is 14.4. The zero-order chi connectivity index (χ0) is 44.8. The van der Waals surface area contributed by atoms with E-state index < -0.39 is 35.0 Å². The van der Waals surface area contributed by atoms with Crippen LogP contribution in [-0.4, -0.2) is 0 Å². The lowest BCUT2D eigenvalue weighted by molar-refractivity contribution is -2.00. The molecule has 8 aromatic rings. The highest BCUT2D eigenvalue weighted by atomic mass is 35.7. The summed E-state index contributed by atoms with van der Waals surface area (Å²) in [6, 6.07) is 86.0. The van der Waals surface area contributed by atoms with Crippen LogP contribution in [0.2, 0.25) is 0 Å². The Morgan fingerprint density at radius 1 is 0.238 bits per heavy atom. The maximum Gasteiger partial charge on any atom is 0.116 e. The Hall–Kier alpha value is -5.12. The minimum atomic E-state index is -4.94. The van der Waals surface area contributed by atoms with Crippen molar-refractivity contribution in [3.8, 4) is 0 Å². The quantitative estimate of drug-likeness (QED) is 0.161. The second-order valence-corrected chi connectivity index (χ2v) is 22.9. The van der Waals surface area contributed by atoms with Crippen LogP contribution in [-0.2, 0) is 18.7 Å². The van der Waals surface area contributed by atoms with E-state index in [1.165, 1.54) is 54.1 Å². The molecule has 63 heavy (non-hydrogen) atoms. The van der Waals surface area contributed by atoms with Crippen LogP contribution in [0.15, 0.2) is 231 Å². The van der Waals surface area contributed by atoms with Gasteiger partial charge in [0, 0.05) is 0 Å². The predicted molar refractivity (Wildman–Crippen MR) is 233 cm³/mol. The van der Waals surface area contributed by atoms with Gasteiger partial charge in [-0.2, -0.15) is 0 Å². The monoisotopic (exact) mass is 916 g/mol. The molecule has 0 aliphatic carbocycles. The molecule has 0 atom stereocenters. The van der Waals surface area contributed by atoms with Gasteiger partial charge in [0.25, 0.3) is 0 Å². The summed E-state index contributed by atoms with van der Waals surface area (Å²) in [5.41, 5.74) is 5.63. The standard InChI is InChI=1S/C51H44P2.2ClHO4/c1-7-27-46(28-8-1)52(47-29-9-2-10-30-47,48-31-11-3-12-32-48)40-44-25-21-19-23-42(44)39-43-24-20-22-26-45(43)41-53(49-33-13-4-14-34-49,50-35-15-5-16-36-50)51-37-17-6-18-38-51;2*2-1(3,4)5/h1-38H,39-41H2;2*(H,2,3,4,5)/q+2;;/p-2. The number of hydrogen-bond donors (Lipinski definition) is 0. The Morgan fingerprint density at radius 3 is 0.587 bits per heavy atom. The maximum absolute atomic E-state index is 8.49. The summed E-state index contributed by atoms with van der Waals surface area (Å²) in [7, 11) is -14.0. The second kappa shape index (κ2) is 22.0. The van der Waals surface area contributed by atoms with E-state index in [-0.39, 0.29) is 0 Å². The Balaban J connectivity index is 0.000000596. The van der Waals surface area contributed by atoms with Gasteiger partial charge in [-0.3, -0.25) is 0 Å². The van der Waals surface area contributed by atoms with Gasteiger partial charge in [0.2, 0.25) is 0 Å². The van der Waals surface area contributed by atoms with Crippen molar-refractivity contribution >= 4 is 46.4 Å². The first kappa shape index (κ1) is 47.4. The molecule has 320 valence electrons. The first-order valence-electron chi connectivity index (χ1n) is 19.7. The first-order chi connectivity index (χ1) is 30.3. The molecule has 0 radical (unpaired) electrons. The van der Waals surface area contributed by atoms with Gasteiger partial charge < -0.3 is 0 Å². The summed E-state index contributed by atoms with van der Waals surface area (Å²) in [6.45, 7) is 0. The first-order valence-corrected chi connectivity index (χ1v) is 26.2. The average Bonchev–Trinajstić information content (AvgIpc) is 3.29. The molecule has 0 N–H and O–H groups in total. The maximum atomic E-state index is 8.49. The molecule has 0 aliphatic heterocycles. The molecule has 0 aromatic heterocycles. The highest BCUT2D eigenvalue weighted by Gasteiger charge is 2.47. The third kappa shape index (κ3) is 13.0. The molecule has 0 saturated carbocycles. The highest BCUT2D eigenvalue weighted by Crippen LogP contribution is 2.60. The van der Waals surface area contributed by atoms with Gasteiger partial charge in [-0.05, 0) is 101 Å². The van der Waals surface area contributed by atoms with Gasteiger partial charge in [-0.15, -0.1) is 20.5 Å². The fourth-order valence-corrected chi connectivity index (χ4v) is 16.6. The fourth-order valence-electron chi connectivity index (χ4n) is 8.02. The number of benzene rings is 8. The summed E-state index contributed by atoms with van der Waals surface area (Å²) in [6.07, 6.45) is 2.79.